The molecule has 1 aliphatic carbocycles. The number of hydrogen-bond donors (Lipinski definition) is 1. The van der Waals surface area contributed by atoms with Gasteiger partial charge in [0.05, 0.1) is 5.60 Å². The van der Waals surface area contributed by atoms with Crippen molar-refractivity contribution in [3.63, 3.8) is 0 Å². The van der Waals surface area contributed by atoms with Gasteiger partial charge in [-0.3, -0.25) is 0 Å². The Balaban J connectivity index is 2.13. The molecular weight excluding hydrogens is 283 g/mol. The van der Waals surface area contributed by atoms with E-state index >= 15 is 0 Å². The van der Waals surface area contributed by atoms with Crippen LogP contribution in [0.5, 0.6) is 0 Å². The van der Waals surface area contributed by atoms with Gasteiger partial charge >= 0.3 is 0 Å². The fourth-order valence-corrected chi connectivity index (χ4v) is 3.14. The first kappa shape index (κ1) is 13.0. The summed E-state index contributed by atoms with van der Waals surface area (Å²) in [6, 6.07) is 4.66. The van der Waals surface area contributed by atoms with E-state index in [-0.39, 0.29) is 5.82 Å². The Morgan fingerprint density at radius 2 is 2.29 bits per heavy atom. The van der Waals surface area contributed by atoms with Crippen molar-refractivity contribution in [2.75, 3.05) is 0 Å². The van der Waals surface area contributed by atoms with Crippen molar-refractivity contribution in [1.29, 1.82) is 0 Å². The fourth-order valence-electron chi connectivity index (χ4n) is 2.76. The van der Waals surface area contributed by atoms with Crippen LogP contribution in [0.15, 0.2) is 22.7 Å². The predicted molar refractivity (Wildman–Crippen MR) is 70.4 cm³/mol. The molecular formula is C14H18BrFO. The Morgan fingerprint density at radius 3 is 2.94 bits per heavy atom. The molecule has 1 fully saturated rings. The summed E-state index contributed by atoms with van der Waals surface area (Å²) in [5.74, 6) is 0.379. The Hall–Kier alpha value is -0.410. The first-order chi connectivity index (χ1) is 8.02. The van der Waals surface area contributed by atoms with Crippen LogP contribution in [0.3, 0.4) is 0 Å². The van der Waals surface area contributed by atoms with Gasteiger partial charge in [0.25, 0.3) is 0 Å². The van der Waals surface area contributed by atoms with Crippen molar-refractivity contribution in [2.45, 2.75) is 44.6 Å². The molecule has 2 unspecified atom stereocenters. The van der Waals surface area contributed by atoms with Gasteiger partial charge in [0.2, 0.25) is 0 Å². The van der Waals surface area contributed by atoms with Crippen LogP contribution in [-0.4, -0.2) is 10.7 Å². The molecule has 1 aliphatic rings. The van der Waals surface area contributed by atoms with Gasteiger partial charge in [-0.05, 0) is 48.9 Å². The van der Waals surface area contributed by atoms with Crippen molar-refractivity contribution in [1.82, 2.24) is 0 Å². The van der Waals surface area contributed by atoms with E-state index in [9.17, 15) is 9.50 Å². The van der Waals surface area contributed by atoms with Gasteiger partial charge in [-0.15, -0.1) is 0 Å². The quantitative estimate of drug-likeness (QED) is 0.892. The maximum Gasteiger partial charge on any atom is 0.123 e. The lowest BCUT2D eigenvalue weighted by molar-refractivity contribution is 0.0434. The van der Waals surface area contributed by atoms with Crippen LogP contribution >= 0.6 is 15.9 Å². The highest BCUT2D eigenvalue weighted by Crippen LogP contribution is 2.39. The van der Waals surface area contributed by atoms with Crippen molar-refractivity contribution in [3.05, 3.63) is 34.1 Å². The monoisotopic (exact) mass is 300 g/mol. The molecule has 0 amide bonds. The third-order valence-electron chi connectivity index (χ3n) is 3.79. The van der Waals surface area contributed by atoms with Crippen LogP contribution < -0.4 is 0 Å². The largest absolute Gasteiger partial charge is 0.390 e. The maximum absolute atomic E-state index is 13.2. The molecule has 0 bridgehead atoms. The van der Waals surface area contributed by atoms with Gasteiger partial charge in [-0.2, -0.15) is 0 Å². The lowest BCUT2D eigenvalue weighted by atomic mass is 9.91. The Morgan fingerprint density at radius 1 is 1.53 bits per heavy atom. The van der Waals surface area contributed by atoms with Gasteiger partial charge in [0.1, 0.15) is 5.82 Å². The summed E-state index contributed by atoms with van der Waals surface area (Å²) < 4.78 is 14.1. The molecule has 17 heavy (non-hydrogen) atoms. The summed E-state index contributed by atoms with van der Waals surface area (Å²) in [4.78, 5) is 0. The van der Waals surface area contributed by atoms with Crippen LogP contribution in [-0.2, 0) is 6.42 Å². The molecule has 2 rings (SSSR count). The molecule has 94 valence electrons. The second-order valence-electron chi connectivity index (χ2n) is 5.15. The third kappa shape index (κ3) is 3.08. The topological polar surface area (TPSA) is 20.2 Å². The van der Waals surface area contributed by atoms with E-state index in [0.717, 1.165) is 35.7 Å². The van der Waals surface area contributed by atoms with Crippen molar-refractivity contribution >= 4 is 15.9 Å². The smallest absolute Gasteiger partial charge is 0.123 e. The first-order valence-corrected chi connectivity index (χ1v) is 6.98. The zero-order chi connectivity index (χ0) is 12.5. The Kier molecular flexibility index (Phi) is 3.88. The minimum atomic E-state index is -0.642. The molecule has 0 saturated heterocycles. The minimum Gasteiger partial charge on any atom is -0.390 e. The van der Waals surface area contributed by atoms with E-state index < -0.39 is 5.60 Å². The van der Waals surface area contributed by atoms with Gasteiger partial charge in [-0.1, -0.05) is 29.3 Å². The molecule has 0 spiro atoms. The summed E-state index contributed by atoms with van der Waals surface area (Å²) in [6.07, 6.45) is 4.41. The van der Waals surface area contributed by atoms with E-state index in [1.165, 1.54) is 12.1 Å². The summed E-state index contributed by atoms with van der Waals surface area (Å²) in [6.45, 7) is 2.16. The van der Waals surface area contributed by atoms with E-state index in [1.54, 1.807) is 6.07 Å². The third-order valence-corrected chi connectivity index (χ3v) is 4.56. The SMILES string of the molecule is CCC1CCC(O)(Cc2cc(F)ccc2Br)C1. The zero-order valence-corrected chi connectivity index (χ0v) is 11.6. The minimum absolute atomic E-state index is 0.239. The van der Waals surface area contributed by atoms with Crippen LogP contribution in [0.25, 0.3) is 0 Å². The Labute approximate surface area is 110 Å². The molecule has 0 aliphatic heterocycles. The van der Waals surface area contributed by atoms with Crippen LogP contribution in [0.1, 0.15) is 38.2 Å². The molecule has 1 aromatic carbocycles. The number of benzene rings is 1. The number of rotatable bonds is 3. The molecule has 1 aromatic rings. The summed E-state index contributed by atoms with van der Waals surface area (Å²) in [5.41, 5.74) is 0.223. The predicted octanol–water partition coefficient (Wildman–Crippen LogP) is 4.07. The first-order valence-electron chi connectivity index (χ1n) is 6.19. The van der Waals surface area contributed by atoms with Crippen LogP contribution in [0.2, 0.25) is 0 Å². The zero-order valence-electron chi connectivity index (χ0n) is 10.0. The highest BCUT2D eigenvalue weighted by molar-refractivity contribution is 9.10. The van der Waals surface area contributed by atoms with Crippen molar-refractivity contribution < 1.29 is 9.50 Å². The molecule has 0 aromatic heterocycles. The highest BCUT2D eigenvalue weighted by Gasteiger charge is 2.36. The number of halogens is 2. The van der Waals surface area contributed by atoms with E-state index in [1.807, 2.05) is 0 Å². The molecule has 0 heterocycles. The summed E-state index contributed by atoms with van der Waals surface area (Å²) in [7, 11) is 0. The number of aliphatic hydroxyl groups is 1. The van der Waals surface area contributed by atoms with Gasteiger partial charge in [-0.25, -0.2) is 4.39 Å². The second-order valence-corrected chi connectivity index (χ2v) is 6.01. The molecule has 1 nitrogen and oxygen atoms in total. The standard InChI is InChI=1S/C14H18BrFO/c1-2-10-5-6-14(17,8-10)9-11-7-12(16)3-4-13(11)15/h3-4,7,10,17H,2,5-6,8-9H2,1H3. The van der Waals surface area contributed by atoms with E-state index in [2.05, 4.69) is 22.9 Å². The van der Waals surface area contributed by atoms with Crippen molar-refractivity contribution in [2.24, 2.45) is 5.92 Å². The average molecular weight is 301 g/mol. The average Bonchev–Trinajstić information content (AvgIpc) is 2.66. The molecule has 0 radical (unpaired) electrons. The second kappa shape index (κ2) is 5.07. The van der Waals surface area contributed by atoms with Gasteiger partial charge in [0.15, 0.2) is 0 Å². The summed E-state index contributed by atoms with van der Waals surface area (Å²) >= 11 is 3.42. The fraction of sp³-hybridized carbons (Fsp3) is 0.571. The lowest BCUT2D eigenvalue weighted by Crippen LogP contribution is -2.28. The lowest BCUT2D eigenvalue weighted by Gasteiger charge is -2.23. The van der Waals surface area contributed by atoms with Crippen LogP contribution in [0, 0.1) is 11.7 Å². The summed E-state index contributed by atoms with van der Waals surface area (Å²) in [5, 5.41) is 10.5. The highest BCUT2D eigenvalue weighted by atomic mass is 79.9. The maximum atomic E-state index is 13.2. The molecule has 1 saturated carbocycles. The van der Waals surface area contributed by atoms with Gasteiger partial charge < -0.3 is 5.11 Å². The van der Waals surface area contributed by atoms with Crippen LogP contribution in [0.4, 0.5) is 4.39 Å². The molecule has 3 heteroatoms. The Bertz CT molecular complexity index is 407. The molecule has 2 atom stereocenters. The van der Waals surface area contributed by atoms with E-state index in [0.29, 0.717) is 12.3 Å². The normalized spacial score (nSPS) is 28.6. The van der Waals surface area contributed by atoms with Gasteiger partial charge in [0, 0.05) is 10.9 Å². The van der Waals surface area contributed by atoms with Crippen molar-refractivity contribution in [3.8, 4) is 0 Å². The van der Waals surface area contributed by atoms with E-state index in [4.69, 9.17) is 0 Å². The molecule has 1 N–H and O–H groups in total. The number of hydrogen-bond acceptors (Lipinski definition) is 1.